The van der Waals surface area contributed by atoms with Crippen molar-refractivity contribution in [1.29, 1.82) is 0 Å². The maximum absolute atomic E-state index is 13.1. The molecule has 0 spiro atoms. The van der Waals surface area contributed by atoms with Crippen molar-refractivity contribution in [2.24, 2.45) is 0 Å². The molecule has 7 nitrogen and oxygen atoms in total. The Labute approximate surface area is 159 Å². The zero-order valence-corrected chi connectivity index (χ0v) is 15.4. The first-order chi connectivity index (χ1) is 13.2. The van der Waals surface area contributed by atoms with E-state index in [4.69, 9.17) is 9.47 Å². The third kappa shape index (κ3) is 3.48. The summed E-state index contributed by atoms with van der Waals surface area (Å²) in [6.07, 6.45) is -0.671. The fourth-order valence-corrected chi connectivity index (χ4v) is 3.86. The molecular formula is C19H17N3O4S. The molecular weight excluding hydrogens is 366 g/mol. The number of carbonyl (C=O) groups excluding carboxylic acids is 1. The van der Waals surface area contributed by atoms with Gasteiger partial charge in [-0.2, -0.15) is 0 Å². The molecule has 8 heteroatoms. The van der Waals surface area contributed by atoms with Gasteiger partial charge in [0.25, 0.3) is 5.56 Å². The van der Waals surface area contributed by atoms with Gasteiger partial charge in [0.2, 0.25) is 0 Å². The molecule has 0 bridgehead atoms. The van der Waals surface area contributed by atoms with E-state index in [1.807, 2.05) is 30.3 Å². The first-order valence-corrected chi connectivity index (χ1v) is 9.38. The number of methoxy groups -OCH3 is 1. The van der Waals surface area contributed by atoms with Gasteiger partial charge in [-0.15, -0.1) is 0 Å². The summed E-state index contributed by atoms with van der Waals surface area (Å²) in [6.45, 7) is 0.451. The van der Waals surface area contributed by atoms with E-state index < -0.39 is 6.09 Å². The highest BCUT2D eigenvalue weighted by Gasteiger charge is 2.24. The molecule has 0 aliphatic carbocycles. The van der Waals surface area contributed by atoms with E-state index in [1.165, 1.54) is 11.8 Å². The molecule has 2 aromatic carbocycles. The van der Waals surface area contributed by atoms with Gasteiger partial charge in [-0.3, -0.25) is 9.36 Å². The zero-order chi connectivity index (χ0) is 18.8. The van der Waals surface area contributed by atoms with Crippen molar-refractivity contribution in [1.82, 2.24) is 14.9 Å². The fraction of sp³-hybridized carbons (Fsp3) is 0.211. The highest BCUT2D eigenvalue weighted by molar-refractivity contribution is 7.99. The van der Waals surface area contributed by atoms with Gasteiger partial charge in [0.1, 0.15) is 11.9 Å². The number of aromatic nitrogens is 2. The lowest BCUT2D eigenvalue weighted by Crippen LogP contribution is -2.23. The van der Waals surface area contributed by atoms with Crippen molar-refractivity contribution in [2.75, 3.05) is 19.4 Å². The minimum atomic E-state index is -0.417. The van der Waals surface area contributed by atoms with E-state index in [2.05, 4.69) is 10.3 Å². The van der Waals surface area contributed by atoms with E-state index in [-0.39, 0.29) is 11.7 Å². The molecule has 1 amide bonds. The van der Waals surface area contributed by atoms with Crippen LogP contribution in [0.4, 0.5) is 4.79 Å². The summed E-state index contributed by atoms with van der Waals surface area (Å²) in [5.74, 6) is 1.21. The number of rotatable bonds is 5. The second kappa shape index (κ2) is 7.32. The van der Waals surface area contributed by atoms with E-state index in [1.54, 1.807) is 29.9 Å². The number of hydrogen-bond donors (Lipinski definition) is 1. The molecule has 1 atom stereocenters. The Balaban J connectivity index is 1.77. The molecule has 1 N–H and O–H groups in total. The predicted octanol–water partition coefficient (Wildman–Crippen LogP) is 2.59. The average molecular weight is 383 g/mol. The van der Waals surface area contributed by atoms with Crippen LogP contribution in [0, 0.1) is 0 Å². The Morgan fingerprint density at radius 2 is 2.00 bits per heavy atom. The number of amides is 1. The van der Waals surface area contributed by atoms with E-state index in [9.17, 15) is 9.59 Å². The standard InChI is InChI=1S/C19H17N3O4S/c1-25-13-8-6-12(7-9-13)22-17(23)15-4-2-3-5-16(15)21-18(22)27-11-14-10-20-19(24)26-14/h2-9,14H,10-11H2,1H3,(H,20,24)/t14-/m0/s1. The van der Waals surface area contributed by atoms with Crippen molar-refractivity contribution in [3.8, 4) is 11.4 Å². The molecule has 1 fully saturated rings. The number of benzene rings is 2. The second-order valence-electron chi connectivity index (χ2n) is 5.97. The topological polar surface area (TPSA) is 82.4 Å². The van der Waals surface area contributed by atoms with Gasteiger partial charge >= 0.3 is 6.09 Å². The normalized spacial score (nSPS) is 16.2. The van der Waals surface area contributed by atoms with Crippen LogP contribution in [0.1, 0.15) is 0 Å². The van der Waals surface area contributed by atoms with E-state index in [0.717, 1.165) is 0 Å². The minimum Gasteiger partial charge on any atom is -0.497 e. The van der Waals surface area contributed by atoms with Gasteiger partial charge in [-0.25, -0.2) is 9.78 Å². The summed E-state index contributed by atoms with van der Waals surface area (Å²) in [4.78, 5) is 29.0. The summed E-state index contributed by atoms with van der Waals surface area (Å²) in [5.41, 5.74) is 1.19. The number of alkyl carbamates (subject to hydrolysis) is 1. The van der Waals surface area contributed by atoms with Crippen molar-refractivity contribution in [2.45, 2.75) is 11.3 Å². The first-order valence-electron chi connectivity index (χ1n) is 8.39. The second-order valence-corrected chi connectivity index (χ2v) is 6.96. The fourth-order valence-electron chi connectivity index (χ4n) is 2.86. The monoisotopic (exact) mass is 383 g/mol. The Kier molecular flexibility index (Phi) is 4.72. The quantitative estimate of drug-likeness (QED) is 0.539. The average Bonchev–Trinajstić information content (AvgIpc) is 3.12. The number of thioether (sulfide) groups is 1. The SMILES string of the molecule is COc1ccc(-n2c(SC[C@@H]3CNC(=O)O3)nc3ccccc3c2=O)cc1. The largest absolute Gasteiger partial charge is 0.497 e. The number of nitrogens with zero attached hydrogens (tertiary/aromatic N) is 2. The summed E-state index contributed by atoms with van der Waals surface area (Å²) in [6, 6.07) is 14.5. The number of cyclic esters (lactones) is 1. The Morgan fingerprint density at radius 3 is 2.70 bits per heavy atom. The molecule has 0 unspecified atom stereocenters. The first kappa shape index (κ1) is 17.4. The molecule has 1 aliphatic heterocycles. The molecule has 1 saturated heterocycles. The lowest BCUT2D eigenvalue weighted by Gasteiger charge is -2.14. The van der Waals surface area contributed by atoms with Gasteiger partial charge in [0.15, 0.2) is 5.16 Å². The van der Waals surface area contributed by atoms with Gasteiger partial charge in [0, 0.05) is 5.75 Å². The third-order valence-corrected chi connectivity index (χ3v) is 5.29. The summed E-state index contributed by atoms with van der Waals surface area (Å²) < 4.78 is 12.0. The molecule has 0 saturated carbocycles. The van der Waals surface area contributed by atoms with Crippen LogP contribution in [0.15, 0.2) is 58.5 Å². The van der Waals surface area contributed by atoms with Crippen LogP contribution >= 0.6 is 11.8 Å². The third-order valence-electron chi connectivity index (χ3n) is 4.22. The Bertz CT molecular complexity index is 1050. The zero-order valence-electron chi connectivity index (χ0n) is 14.5. The molecule has 3 aromatic rings. The van der Waals surface area contributed by atoms with Gasteiger partial charge in [-0.1, -0.05) is 23.9 Å². The summed E-state index contributed by atoms with van der Waals surface area (Å²) in [5, 5.41) is 3.72. The van der Waals surface area contributed by atoms with Gasteiger partial charge < -0.3 is 14.8 Å². The number of hydrogen-bond acceptors (Lipinski definition) is 6. The van der Waals surface area contributed by atoms with Crippen LogP contribution in [0.5, 0.6) is 5.75 Å². The van der Waals surface area contributed by atoms with Crippen LogP contribution < -0.4 is 15.6 Å². The van der Waals surface area contributed by atoms with Gasteiger partial charge in [-0.05, 0) is 36.4 Å². The van der Waals surface area contributed by atoms with Crippen molar-refractivity contribution in [3.05, 3.63) is 58.9 Å². The summed E-state index contributed by atoms with van der Waals surface area (Å²) in [7, 11) is 1.59. The predicted molar refractivity (Wildman–Crippen MR) is 103 cm³/mol. The van der Waals surface area contributed by atoms with Crippen LogP contribution in [0.3, 0.4) is 0 Å². The molecule has 4 rings (SSSR count). The molecule has 1 aromatic heterocycles. The number of fused-ring (bicyclic) bond motifs is 1. The number of carbonyl (C=O) groups is 1. The van der Waals surface area contributed by atoms with Crippen LogP contribution in [0.25, 0.3) is 16.6 Å². The number of para-hydroxylation sites is 1. The van der Waals surface area contributed by atoms with E-state index in [0.29, 0.717) is 39.8 Å². The van der Waals surface area contributed by atoms with Crippen LogP contribution in [-0.4, -0.2) is 41.2 Å². The maximum Gasteiger partial charge on any atom is 0.407 e. The van der Waals surface area contributed by atoms with Crippen LogP contribution in [-0.2, 0) is 4.74 Å². The Morgan fingerprint density at radius 1 is 1.22 bits per heavy atom. The molecule has 27 heavy (non-hydrogen) atoms. The van der Waals surface area contributed by atoms with Crippen molar-refractivity contribution < 1.29 is 14.3 Å². The summed E-state index contributed by atoms with van der Waals surface area (Å²) >= 11 is 1.38. The molecule has 138 valence electrons. The lowest BCUT2D eigenvalue weighted by atomic mass is 10.2. The lowest BCUT2D eigenvalue weighted by molar-refractivity contribution is 0.150. The Hall–Kier alpha value is -3.00. The number of ether oxygens (including phenoxy) is 2. The molecule has 0 radical (unpaired) electrons. The van der Waals surface area contributed by atoms with E-state index >= 15 is 0 Å². The number of nitrogens with one attached hydrogen (secondary N) is 1. The van der Waals surface area contributed by atoms with Crippen LogP contribution in [0.2, 0.25) is 0 Å². The van der Waals surface area contributed by atoms with Crippen molar-refractivity contribution >= 4 is 28.8 Å². The van der Waals surface area contributed by atoms with Crippen molar-refractivity contribution in [3.63, 3.8) is 0 Å². The minimum absolute atomic E-state index is 0.144. The molecule has 2 heterocycles. The smallest absolute Gasteiger partial charge is 0.407 e. The maximum atomic E-state index is 13.1. The van der Waals surface area contributed by atoms with Gasteiger partial charge in [0.05, 0.1) is 30.2 Å². The molecule has 1 aliphatic rings. The highest BCUT2D eigenvalue weighted by atomic mass is 32.2. The highest BCUT2D eigenvalue weighted by Crippen LogP contribution is 2.24.